The van der Waals surface area contributed by atoms with Crippen LogP contribution in [0.2, 0.25) is 0 Å². The Morgan fingerprint density at radius 1 is 1.17 bits per heavy atom. The number of fused-ring (bicyclic) bond motifs is 1. The van der Waals surface area contributed by atoms with Crippen molar-refractivity contribution in [2.75, 3.05) is 38.2 Å². The normalized spacial score (nSPS) is 17.8. The lowest BCUT2D eigenvalue weighted by molar-refractivity contribution is -0.117. The highest BCUT2D eigenvalue weighted by atomic mass is 16.6. The molecule has 1 aliphatic heterocycles. The number of hydrogen-bond acceptors (Lipinski definition) is 4. The molecule has 132 valence electrons. The average Bonchev–Trinajstić information content (AvgIpc) is 2.62. The van der Waals surface area contributed by atoms with E-state index in [0.717, 1.165) is 30.4 Å². The van der Waals surface area contributed by atoms with Gasteiger partial charge in [0.15, 0.2) is 11.5 Å². The van der Waals surface area contributed by atoms with Crippen molar-refractivity contribution < 1.29 is 14.3 Å². The summed E-state index contributed by atoms with van der Waals surface area (Å²) in [6, 6.07) is 5.55. The zero-order valence-corrected chi connectivity index (χ0v) is 14.6. The molecule has 0 aromatic heterocycles. The van der Waals surface area contributed by atoms with Crippen LogP contribution in [0, 0.1) is 5.92 Å². The Hall–Kier alpha value is -1.75. The molecular weight excluding hydrogens is 304 g/mol. The summed E-state index contributed by atoms with van der Waals surface area (Å²) >= 11 is 0. The van der Waals surface area contributed by atoms with Crippen LogP contribution in [0.25, 0.3) is 0 Å². The fourth-order valence-electron chi connectivity index (χ4n) is 3.57. The summed E-state index contributed by atoms with van der Waals surface area (Å²) in [6.45, 7) is 5.64. The summed E-state index contributed by atoms with van der Waals surface area (Å²) < 4.78 is 11.1. The Kier molecular flexibility index (Phi) is 5.96. The highest BCUT2D eigenvalue weighted by Gasteiger charge is 2.19. The van der Waals surface area contributed by atoms with Gasteiger partial charge in [0.2, 0.25) is 5.91 Å². The number of carbonyl (C=O) groups is 1. The van der Waals surface area contributed by atoms with Gasteiger partial charge in [-0.2, -0.15) is 0 Å². The number of benzene rings is 1. The molecule has 0 atom stereocenters. The van der Waals surface area contributed by atoms with Crippen LogP contribution in [-0.2, 0) is 4.79 Å². The number of carbonyl (C=O) groups excluding carboxylic acids is 1. The number of rotatable bonds is 6. The topological polar surface area (TPSA) is 50.8 Å². The van der Waals surface area contributed by atoms with Gasteiger partial charge in [0, 0.05) is 18.3 Å². The van der Waals surface area contributed by atoms with E-state index in [4.69, 9.17) is 9.47 Å². The minimum atomic E-state index is 0.0318. The third-order valence-corrected chi connectivity index (χ3v) is 4.88. The molecule has 1 amide bonds. The molecule has 0 radical (unpaired) electrons. The van der Waals surface area contributed by atoms with Crippen molar-refractivity contribution >= 4 is 11.6 Å². The van der Waals surface area contributed by atoms with Gasteiger partial charge in [0.25, 0.3) is 0 Å². The first-order chi connectivity index (χ1) is 11.7. The summed E-state index contributed by atoms with van der Waals surface area (Å²) in [7, 11) is 0. The van der Waals surface area contributed by atoms with Crippen molar-refractivity contribution in [2.45, 2.75) is 39.0 Å². The molecule has 0 spiro atoms. The molecule has 5 nitrogen and oxygen atoms in total. The van der Waals surface area contributed by atoms with Crippen molar-refractivity contribution in [3.05, 3.63) is 18.2 Å². The predicted octanol–water partition coefficient (Wildman–Crippen LogP) is 3.30. The Morgan fingerprint density at radius 2 is 1.92 bits per heavy atom. The Balaban J connectivity index is 1.52. The molecule has 5 heteroatoms. The van der Waals surface area contributed by atoms with Gasteiger partial charge < -0.3 is 14.8 Å². The van der Waals surface area contributed by atoms with Gasteiger partial charge in [-0.05, 0) is 37.4 Å². The fraction of sp³-hybridized carbons (Fsp3) is 0.632. The van der Waals surface area contributed by atoms with Gasteiger partial charge >= 0.3 is 0 Å². The molecule has 24 heavy (non-hydrogen) atoms. The second-order valence-electron chi connectivity index (χ2n) is 6.74. The van der Waals surface area contributed by atoms with Crippen molar-refractivity contribution in [3.63, 3.8) is 0 Å². The van der Waals surface area contributed by atoms with Crippen molar-refractivity contribution in [1.29, 1.82) is 0 Å². The first kappa shape index (κ1) is 17.1. The Morgan fingerprint density at radius 3 is 2.67 bits per heavy atom. The Bertz CT molecular complexity index is 556. The summed E-state index contributed by atoms with van der Waals surface area (Å²) in [6.07, 6.45) is 6.66. The van der Waals surface area contributed by atoms with E-state index in [1.807, 2.05) is 18.2 Å². The average molecular weight is 332 g/mol. The molecule has 2 aliphatic rings. The third kappa shape index (κ3) is 4.63. The maximum absolute atomic E-state index is 12.4. The minimum absolute atomic E-state index is 0.0318. The van der Waals surface area contributed by atoms with E-state index >= 15 is 0 Å². The number of hydrogen-bond donors (Lipinski definition) is 1. The van der Waals surface area contributed by atoms with Gasteiger partial charge in [-0.25, -0.2) is 0 Å². The van der Waals surface area contributed by atoms with Crippen LogP contribution in [0.4, 0.5) is 5.69 Å². The number of ether oxygens (including phenoxy) is 2. The summed E-state index contributed by atoms with van der Waals surface area (Å²) in [5, 5.41) is 2.98. The van der Waals surface area contributed by atoms with Crippen LogP contribution in [0.1, 0.15) is 39.0 Å². The minimum Gasteiger partial charge on any atom is -0.486 e. The highest BCUT2D eigenvalue weighted by molar-refractivity contribution is 5.92. The Labute approximate surface area is 144 Å². The summed E-state index contributed by atoms with van der Waals surface area (Å²) in [5.74, 6) is 2.23. The van der Waals surface area contributed by atoms with Gasteiger partial charge in [0.1, 0.15) is 13.2 Å². The molecule has 1 N–H and O–H groups in total. The van der Waals surface area contributed by atoms with E-state index in [1.54, 1.807) is 0 Å². The molecule has 0 saturated heterocycles. The third-order valence-electron chi connectivity index (χ3n) is 4.88. The lowest BCUT2D eigenvalue weighted by Crippen LogP contribution is -2.37. The zero-order chi connectivity index (χ0) is 16.8. The largest absolute Gasteiger partial charge is 0.486 e. The highest BCUT2D eigenvalue weighted by Crippen LogP contribution is 2.32. The standard InChI is InChI=1S/C19H28N2O3/c1-2-21(13-15-6-4-3-5-7-15)14-19(22)20-16-8-9-17-18(12-16)24-11-10-23-17/h8-9,12,15H,2-7,10-11,13-14H2,1H3,(H,20,22). The van der Waals surface area contributed by atoms with Gasteiger partial charge in [-0.15, -0.1) is 0 Å². The van der Waals surface area contributed by atoms with Crippen molar-refractivity contribution in [1.82, 2.24) is 4.90 Å². The van der Waals surface area contributed by atoms with E-state index in [0.29, 0.717) is 25.5 Å². The van der Waals surface area contributed by atoms with E-state index < -0.39 is 0 Å². The molecule has 1 aromatic rings. The first-order valence-corrected chi connectivity index (χ1v) is 9.16. The number of amides is 1. The monoisotopic (exact) mass is 332 g/mol. The van der Waals surface area contributed by atoms with Gasteiger partial charge in [0.05, 0.1) is 6.54 Å². The first-order valence-electron chi connectivity index (χ1n) is 9.16. The van der Waals surface area contributed by atoms with E-state index in [2.05, 4.69) is 17.1 Å². The molecule has 1 aromatic carbocycles. The fourth-order valence-corrected chi connectivity index (χ4v) is 3.57. The van der Waals surface area contributed by atoms with Crippen LogP contribution in [0.3, 0.4) is 0 Å². The lowest BCUT2D eigenvalue weighted by Gasteiger charge is -2.28. The zero-order valence-electron chi connectivity index (χ0n) is 14.6. The van der Waals surface area contributed by atoms with Crippen LogP contribution in [0.5, 0.6) is 11.5 Å². The maximum atomic E-state index is 12.4. The molecular formula is C19H28N2O3. The smallest absolute Gasteiger partial charge is 0.238 e. The molecule has 0 bridgehead atoms. The predicted molar refractivity (Wildman–Crippen MR) is 94.8 cm³/mol. The number of likely N-dealkylation sites (N-methyl/N-ethyl adjacent to an activating group) is 1. The van der Waals surface area contributed by atoms with Gasteiger partial charge in [-0.3, -0.25) is 9.69 Å². The molecule has 0 unspecified atom stereocenters. The lowest BCUT2D eigenvalue weighted by atomic mass is 9.89. The molecule has 1 fully saturated rings. The van der Waals surface area contributed by atoms with E-state index in [9.17, 15) is 4.79 Å². The van der Waals surface area contributed by atoms with E-state index in [-0.39, 0.29) is 5.91 Å². The molecule has 1 aliphatic carbocycles. The van der Waals surface area contributed by atoms with Crippen molar-refractivity contribution in [3.8, 4) is 11.5 Å². The maximum Gasteiger partial charge on any atom is 0.238 e. The van der Waals surface area contributed by atoms with Crippen LogP contribution < -0.4 is 14.8 Å². The van der Waals surface area contributed by atoms with Crippen LogP contribution >= 0.6 is 0 Å². The van der Waals surface area contributed by atoms with E-state index in [1.165, 1.54) is 32.1 Å². The second-order valence-corrected chi connectivity index (χ2v) is 6.74. The molecule has 1 heterocycles. The number of nitrogens with zero attached hydrogens (tertiary/aromatic N) is 1. The quantitative estimate of drug-likeness (QED) is 0.868. The van der Waals surface area contributed by atoms with Crippen molar-refractivity contribution in [2.24, 2.45) is 5.92 Å². The summed E-state index contributed by atoms with van der Waals surface area (Å²) in [4.78, 5) is 14.6. The van der Waals surface area contributed by atoms with Gasteiger partial charge in [-0.1, -0.05) is 26.2 Å². The summed E-state index contributed by atoms with van der Waals surface area (Å²) in [5.41, 5.74) is 0.762. The SMILES string of the molecule is CCN(CC(=O)Nc1ccc2c(c1)OCCO2)CC1CCCCC1. The van der Waals surface area contributed by atoms with Crippen LogP contribution in [0.15, 0.2) is 18.2 Å². The van der Waals surface area contributed by atoms with Crippen LogP contribution in [-0.4, -0.2) is 43.7 Å². The molecule has 1 saturated carbocycles. The number of anilines is 1. The second kappa shape index (κ2) is 8.38. The molecule has 3 rings (SSSR count). The number of nitrogens with one attached hydrogen (secondary N) is 1.